The van der Waals surface area contributed by atoms with Gasteiger partial charge in [-0.2, -0.15) is 0 Å². The van der Waals surface area contributed by atoms with Crippen LogP contribution in [-0.2, 0) is 24.0 Å². The van der Waals surface area contributed by atoms with Crippen LogP contribution in [-0.4, -0.2) is 43.0 Å². The van der Waals surface area contributed by atoms with E-state index in [0.29, 0.717) is 6.54 Å². The average molecular weight is 410 g/mol. The standard InChI is InChI=1S/C20H24F2N2O3S/c1-26-19-10-14-6-9-24(13-15(14)11-20(19)27-2)8-3-7-23-28(25)16-4-5-17(21)18(22)12-16/h4-5,10-12,23H,3,6-9,13H2,1-2H3. The quantitative estimate of drug-likeness (QED) is 0.680. The van der Waals surface area contributed by atoms with Gasteiger partial charge in [-0.3, -0.25) is 4.90 Å². The fourth-order valence-electron chi connectivity index (χ4n) is 3.28. The van der Waals surface area contributed by atoms with Gasteiger partial charge in [-0.25, -0.2) is 17.7 Å². The summed E-state index contributed by atoms with van der Waals surface area (Å²) in [5, 5.41) is 0. The molecule has 0 saturated carbocycles. The summed E-state index contributed by atoms with van der Waals surface area (Å²) in [7, 11) is 1.71. The van der Waals surface area contributed by atoms with Crippen LogP contribution >= 0.6 is 0 Å². The van der Waals surface area contributed by atoms with Crippen LogP contribution in [0, 0.1) is 11.6 Å². The summed E-state index contributed by atoms with van der Waals surface area (Å²) < 4.78 is 51.9. The fraction of sp³-hybridized carbons (Fsp3) is 0.400. The van der Waals surface area contributed by atoms with E-state index in [2.05, 4.69) is 9.62 Å². The van der Waals surface area contributed by atoms with Crippen LogP contribution in [0.3, 0.4) is 0 Å². The molecule has 1 unspecified atom stereocenters. The zero-order valence-electron chi connectivity index (χ0n) is 16.0. The third-order valence-corrected chi connectivity index (χ3v) is 5.93. The molecule has 0 bridgehead atoms. The molecule has 1 heterocycles. The van der Waals surface area contributed by atoms with Gasteiger partial charge in [-0.15, -0.1) is 0 Å². The highest BCUT2D eigenvalue weighted by molar-refractivity contribution is 7.83. The van der Waals surface area contributed by atoms with Gasteiger partial charge in [0.1, 0.15) is 11.0 Å². The lowest BCUT2D eigenvalue weighted by molar-refractivity contribution is 0.250. The smallest absolute Gasteiger partial charge is 0.161 e. The zero-order valence-corrected chi connectivity index (χ0v) is 16.8. The number of nitrogens with zero attached hydrogens (tertiary/aromatic N) is 1. The highest BCUT2D eigenvalue weighted by Gasteiger charge is 2.19. The first kappa shape index (κ1) is 20.7. The Morgan fingerprint density at radius 1 is 1.07 bits per heavy atom. The van der Waals surface area contributed by atoms with Crippen molar-refractivity contribution >= 4 is 11.0 Å². The Labute approximate surface area is 166 Å². The molecule has 0 amide bonds. The lowest BCUT2D eigenvalue weighted by Crippen LogP contribution is -2.33. The Morgan fingerprint density at radius 2 is 1.79 bits per heavy atom. The van der Waals surface area contributed by atoms with E-state index in [0.717, 1.165) is 56.1 Å². The Bertz CT molecular complexity index is 864. The second-order valence-corrected chi connectivity index (χ2v) is 7.89. The maximum Gasteiger partial charge on any atom is 0.161 e. The van der Waals surface area contributed by atoms with Crippen molar-refractivity contribution in [2.24, 2.45) is 0 Å². The molecule has 28 heavy (non-hydrogen) atoms. The first-order chi connectivity index (χ1) is 13.5. The van der Waals surface area contributed by atoms with Gasteiger partial charge in [0.15, 0.2) is 23.1 Å². The molecule has 0 radical (unpaired) electrons. The van der Waals surface area contributed by atoms with Crippen LogP contribution in [0.2, 0.25) is 0 Å². The number of methoxy groups -OCH3 is 2. The molecule has 2 aromatic rings. The van der Waals surface area contributed by atoms with Gasteiger partial charge < -0.3 is 9.47 Å². The maximum atomic E-state index is 13.2. The predicted octanol–water partition coefficient (Wildman–Crippen LogP) is 3.04. The molecular weight excluding hydrogens is 386 g/mol. The second-order valence-electron chi connectivity index (χ2n) is 6.59. The van der Waals surface area contributed by atoms with Crippen LogP contribution in [0.15, 0.2) is 35.2 Å². The molecule has 8 heteroatoms. The molecule has 5 nitrogen and oxygen atoms in total. The Balaban J connectivity index is 1.48. The van der Waals surface area contributed by atoms with E-state index in [1.165, 1.54) is 17.2 Å². The number of fused-ring (bicyclic) bond motifs is 1. The summed E-state index contributed by atoms with van der Waals surface area (Å²) in [5.41, 5.74) is 2.49. The third kappa shape index (κ3) is 4.87. The topological polar surface area (TPSA) is 50.8 Å². The Morgan fingerprint density at radius 3 is 2.46 bits per heavy atom. The van der Waals surface area contributed by atoms with Crippen LogP contribution in [0.1, 0.15) is 17.5 Å². The van der Waals surface area contributed by atoms with Crippen LogP contribution in [0.25, 0.3) is 0 Å². The van der Waals surface area contributed by atoms with Crippen molar-refractivity contribution in [2.45, 2.75) is 24.3 Å². The van der Waals surface area contributed by atoms with E-state index in [1.54, 1.807) is 14.2 Å². The number of rotatable bonds is 8. The van der Waals surface area contributed by atoms with E-state index in [9.17, 15) is 13.0 Å². The van der Waals surface area contributed by atoms with Gasteiger partial charge in [0, 0.05) is 19.6 Å². The van der Waals surface area contributed by atoms with E-state index in [4.69, 9.17) is 9.47 Å². The molecule has 0 aliphatic carbocycles. The van der Waals surface area contributed by atoms with Crippen molar-refractivity contribution in [3.05, 3.63) is 53.1 Å². The molecule has 0 fully saturated rings. The van der Waals surface area contributed by atoms with E-state index >= 15 is 0 Å². The fourth-order valence-corrected chi connectivity index (χ4v) is 4.17. The molecule has 1 aliphatic heterocycles. The predicted molar refractivity (Wildman–Crippen MR) is 104 cm³/mol. The Hall–Kier alpha value is -2.03. The SMILES string of the molecule is COc1cc2c(cc1OC)CN(CCCNS(=O)c1ccc(F)c(F)c1)CC2. The highest BCUT2D eigenvalue weighted by Crippen LogP contribution is 2.33. The summed E-state index contributed by atoms with van der Waals surface area (Å²) in [6.45, 7) is 3.12. The molecule has 1 aliphatic rings. The number of halogens is 2. The van der Waals surface area contributed by atoms with E-state index < -0.39 is 22.6 Å². The lowest BCUT2D eigenvalue weighted by atomic mass is 9.98. The number of ether oxygens (including phenoxy) is 2. The summed E-state index contributed by atoms with van der Waals surface area (Å²) in [5.74, 6) is -0.461. The van der Waals surface area contributed by atoms with E-state index in [1.807, 2.05) is 12.1 Å². The van der Waals surface area contributed by atoms with Crippen molar-refractivity contribution in [3.8, 4) is 11.5 Å². The molecule has 1 N–H and O–H groups in total. The van der Waals surface area contributed by atoms with Gasteiger partial charge >= 0.3 is 0 Å². The van der Waals surface area contributed by atoms with Gasteiger partial charge in [0.05, 0.1) is 19.1 Å². The number of hydrogen-bond donors (Lipinski definition) is 1. The molecule has 0 aromatic heterocycles. The normalized spacial score (nSPS) is 15.1. The van der Waals surface area contributed by atoms with Crippen molar-refractivity contribution in [1.29, 1.82) is 0 Å². The van der Waals surface area contributed by atoms with Crippen LogP contribution < -0.4 is 14.2 Å². The third-order valence-electron chi connectivity index (χ3n) is 4.79. The van der Waals surface area contributed by atoms with Gasteiger partial charge in [0.25, 0.3) is 0 Å². The molecule has 2 aromatic carbocycles. The number of nitrogens with one attached hydrogen (secondary N) is 1. The summed E-state index contributed by atoms with van der Waals surface area (Å²) in [6.07, 6.45) is 1.72. The molecule has 1 atom stereocenters. The largest absolute Gasteiger partial charge is 0.493 e. The van der Waals surface area contributed by atoms with Crippen molar-refractivity contribution in [3.63, 3.8) is 0 Å². The van der Waals surface area contributed by atoms with Crippen molar-refractivity contribution < 1.29 is 22.5 Å². The average Bonchev–Trinajstić information content (AvgIpc) is 2.71. The minimum atomic E-state index is -1.56. The van der Waals surface area contributed by atoms with Crippen LogP contribution in [0.4, 0.5) is 8.78 Å². The Kier molecular flexibility index (Phi) is 6.98. The molecular formula is C20H24F2N2O3S. The van der Waals surface area contributed by atoms with Gasteiger partial charge in [-0.05, 0) is 60.8 Å². The summed E-state index contributed by atoms with van der Waals surface area (Å²) >= 11 is 0. The van der Waals surface area contributed by atoms with Gasteiger partial charge in [0.2, 0.25) is 0 Å². The summed E-state index contributed by atoms with van der Waals surface area (Å²) in [4.78, 5) is 2.56. The molecule has 0 saturated heterocycles. The van der Waals surface area contributed by atoms with Crippen LogP contribution in [0.5, 0.6) is 11.5 Å². The van der Waals surface area contributed by atoms with Crippen molar-refractivity contribution in [1.82, 2.24) is 9.62 Å². The lowest BCUT2D eigenvalue weighted by Gasteiger charge is -2.29. The molecule has 3 rings (SSSR count). The number of benzene rings is 2. The summed E-state index contributed by atoms with van der Waals surface area (Å²) in [6, 6.07) is 7.33. The van der Waals surface area contributed by atoms with Gasteiger partial charge in [-0.1, -0.05) is 0 Å². The zero-order chi connectivity index (χ0) is 20.1. The first-order valence-corrected chi connectivity index (χ1v) is 10.2. The second kappa shape index (κ2) is 9.45. The minimum absolute atomic E-state index is 0.229. The molecule has 152 valence electrons. The maximum absolute atomic E-state index is 13.2. The highest BCUT2D eigenvalue weighted by atomic mass is 32.2. The molecule has 0 spiro atoms. The minimum Gasteiger partial charge on any atom is -0.493 e. The monoisotopic (exact) mass is 410 g/mol. The van der Waals surface area contributed by atoms with Crippen molar-refractivity contribution in [2.75, 3.05) is 33.9 Å². The number of hydrogen-bond acceptors (Lipinski definition) is 4. The van der Waals surface area contributed by atoms with E-state index in [-0.39, 0.29) is 4.90 Å². The first-order valence-electron chi connectivity index (χ1n) is 9.08.